The Morgan fingerprint density at radius 1 is 1.32 bits per heavy atom. The number of nitrogens with zero attached hydrogens (tertiary/aromatic N) is 2. The van der Waals surface area contributed by atoms with E-state index in [-0.39, 0.29) is 11.9 Å². The molecular formula is C15H18FN3. The van der Waals surface area contributed by atoms with Crippen LogP contribution >= 0.6 is 0 Å². The van der Waals surface area contributed by atoms with Gasteiger partial charge < -0.3 is 10.6 Å². The average Bonchev–Trinajstić information content (AvgIpc) is 2.42. The molecule has 1 atom stereocenters. The molecule has 0 spiro atoms. The van der Waals surface area contributed by atoms with Gasteiger partial charge in [-0.15, -0.1) is 0 Å². The van der Waals surface area contributed by atoms with Crippen LogP contribution in [0.4, 0.5) is 15.9 Å². The molecule has 0 fully saturated rings. The Morgan fingerprint density at radius 3 is 2.68 bits per heavy atom. The second-order valence-corrected chi connectivity index (χ2v) is 4.43. The van der Waals surface area contributed by atoms with Crippen LogP contribution in [0.15, 0.2) is 42.6 Å². The van der Waals surface area contributed by atoms with Gasteiger partial charge >= 0.3 is 0 Å². The second-order valence-electron chi connectivity index (χ2n) is 4.43. The highest BCUT2D eigenvalue weighted by atomic mass is 19.1. The van der Waals surface area contributed by atoms with Crippen molar-refractivity contribution in [3.05, 3.63) is 54.0 Å². The molecule has 100 valence electrons. The minimum Gasteiger partial charge on any atom is -0.324 e. The summed E-state index contributed by atoms with van der Waals surface area (Å²) in [6.07, 6.45) is 1.71. The summed E-state index contributed by atoms with van der Waals surface area (Å²) in [5, 5.41) is 0. The van der Waals surface area contributed by atoms with Crippen molar-refractivity contribution in [1.82, 2.24) is 4.98 Å². The van der Waals surface area contributed by atoms with Crippen molar-refractivity contribution in [3.63, 3.8) is 0 Å². The zero-order valence-corrected chi connectivity index (χ0v) is 11.2. The predicted octanol–water partition coefficient (Wildman–Crippen LogP) is 3.40. The van der Waals surface area contributed by atoms with Gasteiger partial charge in [0.05, 0.1) is 5.69 Å². The quantitative estimate of drug-likeness (QED) is 0.915. The van der Waals surface area contributed by atoms with E-state index in [1.54, 1.807) is 18.3 Å². The maximum atomic E-state index is 13.9. The molecule has 0 aliphatic rings. The Balaban J connectivity index is 2.43. The number of anilines is 2. The molecule has 1 aromatic carbocycles. The third-order valence-corrected chi connectivity index (χ3v) is 3.03. The average molecular weight is 259 g/mol. The number of halogens is 1. The van der Waals surface area contributed by atoms with Crippen LogP contribution in [0.5, 0.6) is 0 Å². The summed E-state index contributed by atoms with van der Waals surface area (Å²) in [5.41, 5.74) is 7.39. The number of pyridine rings is 1. The Hall–Kier alpha value is -1.94. The lowest BCUT2D eigenvalue weighted by Gasteiger charge is -2.23. The van der Waals surface area contributed by atoms with Gasteiger partial charge in [-0.2, -0.15) is 0 Å². The molecule has 2 rings (SSSR count). The van der Waals surface area contributed by atoms with Crippen LogP contribution in [0.25, 0.3) is 0 Å². The molecule has 3 nitrogen and oxygen atoms in total. The van der Waals surface area contributed by atoms with Gasteiger partial charge in [0.1, 0.15) is 11.6 Å². The molecule has 0 bridgehead atoms. The number of rotatable bonds is 4. The summed E-state index contributed by atoms with van der Waals surface area (Å²) in [6, 6.07) is 10.4. The lowest BCUT2D eigenvalue weighted by Crippen LogP contribution is -2.19. The number of hydrogen-bond donors (Lipinski definition) is 1. The van der Waals surface area contributed by atoms with E-state index in [9.17, 15) is 4.39 Å². The van der Waals surface area contributed by atoms with Gasteiger partial charge in [-0.25, -0.2) is 9.37 Å². The SMILES string of the molecule is CCN(c1cc([C@H](C)N)ccn1)c1ccccc1F. The first-order valence-electron chi connectivity index (χ1n) is 6.37. The summed E-state index contributed by atoms with van der Waals surface area (Å²) in [4.78, 5) is 6.15. The molecule has 0 unspecified atom stereocenters. The van der Waals surface area contributed by atoms with Crippen molar-refractivity contribution >= 4 is 11.5 Å². The fourth-order valence-electron chi connectivity index (χ4n) is 1.99. The Morgan fingerprint density at radius 2 is 2.05 bits per heavy atom. The number of nitrogens with two attached hydrogens (primary N) is 1. The van der Waals surface area contributed by atoms with Crippen molar-refractivity contribution in [3.8, 4) is 0 Å². The maximum Gasteiger partial charge on any atom is 0.146 e. The Bertz CT molecular complexity index is 555. The molecule has 2 N–H and O–H groups in total. The zero-order valence-electron chi connectivity index (χ0n) is 11.2. The largest absolute Gasteiger partial charge is 0.324 e. The molecule has 0 radical (unpaired) electrons. The van der Waals surface area contributed by atoms with Crippen molar-refractivity contribution in [2.75, 3.05) is 11.4 Å². The van der Waals surface area contributed by atoms with Gasteiger partial charge in [0.25, 0.3) is 0 Å². The van der Waals surface area contributed by atoms with Gasteiger partial charge in [-0.1, -0.05) is 12.1 Å². The normalized spacial score (nSPS) is 12.2. The van der Waals surface area contributed by atoms with E-state index in [2.05, 4.69) is 4.98 Å². The van der Waals surface area contributed by atoms with Crippen molar-refractivity contribution in [2.24, 2.45) is 5.73 Å². The van der Waals surface area contributed by atoms with Gasteiger partial charge in [-0.05, 0) is 43.7 Å². The summed E-state index contributed by atoms with van der Waals surface area (Å²) < 4.78 is 13.9. The molecule has 0 aliphatic carbocycles. The molecule has 0 saturated carbocycles. The number of benzene rings is 1. The molecule has 0 aliphatic heterocycles. The minimum absolute atomic E-state index is 0.0684. The molecule has 4 heteroatoms. The van der Waals surface area contributed by atoms with Crippen molar-refractivity contribution < 1.29 is 4.39 Å². The van der Waals surface area contributed by atoms with E-state index in [0.717, 1.165) is 5.56 Å². The van der Waals surface area contributed by atoms with E-state index in [4.69, 9.17) is 5.73 Å². The molecule has 19 heavy (non-hydrogen) atoms. The van der Waals surface area contributed by atoms with E-state index in [1.807, 2.05) is 36.9 Å². The monoisotopic (exact) mass is 259 g/mol. The van der Waals surface area contributed by atoms with Crippen molar-refractivity contribution in [2.45, 2.75) is 19.9 Å². The van der Waals surface area contributed by atoms with Gasteiger partial charge in [0, 0.05) is 18.8 Å². The Kier molecular flexibility index (Phi) is 4.12. The molecule has 0 amide bonds. The first-order valence-corrected chi connectivity index (χ1v) is 6.37. The third kappa shape index (κ3) is 2.90. The summed E-state index contributed by atoms with van der Waals surface area (Å²) in [6.45, 7) is 4.52. The molecule has 1 aromatic heterocycles. The van der Waals surface area contributed by atoms with E-state index >= 15 is 0 Å². The predicted molar refractivity (Wildman–Crippen MR) is 75.9 cm³/mol. The van der Waals surface area contributed by atoms with Gasteiger partial charge in [-0.3, -0.25) is 0 Å². The minimum atomic E-state index is -0.252. The second kappa shape index (κ2) is 5.80. The summed E-state index contributed by atoms with van der Waals surface area (Å²) in [7, 11) is 0. The highest BCUT2D eigenvalue weighted by molar-refractivity contribution is 5.61. The topological polar surface area (TPSA) is 42.1 Å². The molecular weight excluding hydrogens is 241 g/mol. The number of aromatic nitrogens is 1. The number of hydrogen-bond acceptors (Lipinski definition) is 3. The molecule has 1 heterocycles. The van der Waals surface area contributed by atoms with Crippen LogP contribution in [-0.2, 0) is 0 Å². The standard InChI is InChI=1S/C15H18FN3/c1-3-19(14-7-5-4-6-13(14)16)15-10-12(11(2)17)8-9-18-15/h4-11H,3,17H2,1-2H3/t11-/m0/s1. The molecule has 2 aromatic rings. The summed E-state index contributed by atoms with van der Waals surface area (Å²) in [5.74, 6) is 0.458. The van der Waals surface area contributed by atoms with Crippen LogP contribution < -0.4 is 10.6 Å². The van der Waals surface area contributed by atoms with E-state index < -0.39 is 0 Å². The van der Waals surface area contributed by atoms with Crippen LogP contribution in [0.2, 0.25) is 0 Å². The van der Waals surface area contributed by atoms with Crippen LogP contribution in [0, 0.1) is 5.82 Å². The maximum absolute atomic E-state index is 13.9. The highest BCUT2D eigenvalue weighted by Gasteiger charge is 2.13. The zero-order chi connectivity index (χ0) is 13.8. The van der Waals surface area contributed by atoms with E-state index in [0.29, 0.717) is 18.1 Å². The van der Waals surface area contributed by atoms with E-state index in [1.165, 1.54) is 6.07 Å². The lowest BCUT2D eigenvalue weighted by molar-refractivity contribution is 0.625. The highest BCUT2D eigenvalue weighted by Crippen LogP contribution is 2.27. The smallest absolute Gasteiger partial charge is 0.146 e. The van der Waals surface area contributed by atoms with Crippen LogP contribution in [-0.4, -0.2) is 11.5 Å². The first-order chi connectivity index (χ1) is 9.13. The third-order valence-electron chi connectivity index (χ3n) is 3.03. The number of para-hydroxylation sites is 1. The van der Waals surface area contributed by atoms with Gasteiger partial charge in [0.15, 0.2) is 0 Å². The summed E-state index contributed by atoms with van der Waals surface area (Å²) >= 11 is 0. The first kappa shape index (κ1) is 13.5. The fourth-order valence-corrected chi connectivity index (χ4v) is 1.99. The fraction of sp³-hybridized carbons (Fsp3) is 0.267. The van der Waals surface area contributed by atoms with Crippen LogP contribution in [0.3, 0.4) is 0 Å². The molecule has 0 saturated heterocycles. The lowest BCUT2D eigenvalue weighted by atomic mass is 10.1. The van der Waals surface area contributed by atoms with Crippen LogP contribution in [0.1, 0.15) is 25.5 Å². The Labute approximate surface area is 112 Å². The van der Waals surface area contributed by atoms with Gasteiger partial charge in [0.2, 0.25) is 0 Å². The van der Waals surface area contributed by atoms with Crippen molar-refractivity contribution in [1.29, 1.82) is 0 Å².